The molecule has 2 aromatic rings. The summed E-state index contributed by atoms with van der Waals surface area (Å²) in [6.07, 6.45) is 6.67. The molecular formula is C24H34ClN5O. The quantitative estimate of drug-likeness (QED) is 0.780. The van der Waals surface area contributed by atoms with E-state index in [9.17, 15) is 0 Å². The topological polar surface area (TPSA) is 55.2 Å². The van der Waals surface area contributed by atoms with Gasteiger partial charge in [0.05, 0.1) is 18.9 Å². The number of morpholine rings is 1. The Bertz CT molecular complexity index is 899. The van der Waals surface area contributed by atoms with Crippen LogP contribution in [0.25, 0.3) is 5.69 Å². The van der Waals surface area contributed by atoms with Crippen molar-refractivity contribution in [1.82, 2.24) is 25.0 Å². The standard InChI is InChI=1S/C24H34ClN5O/c1-16(2)26-20-14-18-13-19(25)5-8-22(18)30-23(15-20)27-28-24(30)17-3-6-21(7-4-17)29-9-11-31-12-10-29/h5,8,13,16-17,20-21,26H,3-4,6-7,9-12,14-15H2,1-2H3. The number of halogens is 1. The van der Waals surface area contributed by atoms with Crippen LogP contribution in [0.15, 0.2) is 18.2 Å². The second kappa shape index (κ2) is 9.18. The number of ether oxygens (including phenoxy) is 1. The molecule has 1 saturated carbocycles. The van der Waals surface area contributed by atoms with Crippen LogP contribution in [-0.4, -0.2) is 64.1 Å². The summed E-state index contributed by atoms with van der Waals surface area (Å²) in [5.74, 6) is 2.69. The highest BCUT2D eigenvalue weighted by atomic mass is 35.5. The predicted octanol–water partition coefficient (Wildman–Crippen LogP) is 3.74. The lowest BCUT2D eigenvalue weighted by molar-refractivity contribution is 0.00707. The Labute approximate surface area is 190 Å². The van der Waals surface area contributed by atoms with Crippen LogP contribution in [0.4, 0.5) is 0 Å². The van der Waals surface area contributed by atoms with Gasteiger partial charge in [0.1, 0.15) is 11.6 Å². The van der Waals surface area contributed by atoms with Crippen LogP contribution in [0, 0.1) is 0 Å². The summed E-state index contributed by atoms with van der Waals surface area (Å²) in [6.45, 7) is 8.31. The normalized spacial score (nSPS) is 27.0. The zero-order valence-corrected chi connectivity index (χ0v) is 19.4. The molecule has 1 aromatic heterocycles. The first-order valence-corrected chi connectivity index (χ1v) is 12.3. The zero-order chi connectivity index (χ0) is 21.4. The van der Waals surface area contributed by atoms with Crippen molar-refractivity contribution >= 4 is 11.6 Å². The highest BCUT2D eigenvalue weighted by Crippen LogP contribution is 2.37. The number of nitrogens with one attached hydrogen (secondary N) is 1. The molecule has 6 nitrogen and oxygen atoms in total. The minimum Gasteiger partial charge on any atom is -0.379 e. The van der Waals surface area contributed by atoms with Crippen LogP contribution < -0.4 is 5.32 Å². The molecule has 168 valence electrons. The molecule has 1 unspecified atom stereocenters. The van der Waals surface area contributed by atoms with E-state index in [4.69, 9.17) is 26.5 Å². The van der Waals surface area contributed by atoms with Gasteiger partial charge in [-0.05, 0) is 55.9 Å². The van der Waals surface area contributed by atoms with Gasteiger partial charge in [0, 0.05) is 48.6 Å². The van der Waals surface area contributed by atoms with Crippen molar-refractivity contribution < 1.29 is 4.74 Å². The van der Waals surface area contributed by atoms with E-state index >= 15 is 0 Å². The molecular weight excluding hydrogens is 410 g/mol. The summed E-state index contributed by atoms with van der Waals surface area (Å²) in [6, 6.07) is 7.74. The maximum absolute atomic E-state index is 6.39. The Morgan fingerprint density at radius 3 is 2.58 bits per heavy atom. The molecule has 3 aliphatic rings. The Balaban J connectivity index is 1.41. The van der Waals surface area contributed by atoms with Crippen LogP contribution >= 0.6 is 11.6 Å². The molecule has 5 rings (SSSR count). The summed E-state index contributed by atoms with van der Waals surface area (Å²) < 4.78 is 7.90. The third kappa shape index (κ3) is 4.54. The average molecular weight is 444 g/mol. The van der Waals surface area contributed by atoms with Crippen molar-refractivity contribution in [3.63, 3.8) is 0 Å². The summed E-state index contributed by atoms with van der Waals surface area (Å²) in [7, 11) is 0. The number of hydrogen-bond acceptors (Lipinski definition) is 5. The summed E-state index contributed by atoms with van der Waals surface area (Å²) in [5, 5.41) is 14.0. The Hall–Kier alpha value is -1.47. The van der Waals surface area contributed by atoms with E-state index in [0.29, 0.717) is 24.0 Å². The smallest absolute Gasteiger partial charge is 0.140 e. The van der Waals surface area contributed by atoms with Gasteiger partial charge in [0.25, 0.3) is 0 Å². The van der Waals surface area contributed by atoms with Gasteiger partial charge in [-0.1, -0.05) is 25.4 Å². The lowest BCUT2D eigenvalue weighted by Crippen LogP contribution is -2.44. The predicted molar refractivity (Wildman–Crippen MR) is 123 cm³/mol. The first-order chi connectivity index (χ1) is 15.1. The molecule has 2 fully saturated rings. The van der Waals surface area contributed by atoms with Crippen LogP contribution in [0.2, 0.25) is 5.02 Å². The fourth-order valence-corrected chi connectivity index (χ4v) is 5.91. The van der Waals surface area contributed by atoms with E-state index < -0.39 is 0 Å². The lowest BCUT2D eigenvalue weighted by Gasteiger charge is -2.38. The van der Waals surface area contributed by atoms with Crippen molar-refractivity contribution in [1.29, 1.82) is 0 Å². The largest absolute Gasteiger partial charge is 0.379 e. The molecule has 0 radical (unpaired) electrons. The first kappa shape index (κ1) is 21.4. The number of nitrogens with zero attached hydrogens (tertiary/aromatic N) is 4. The van der Waals surface area contributed by atoms with Crippen molar-refractivity contribution in [2.24, 2.45) is 0 Å². The van der Waals surface area contributed by atoms with E-state index in [1.54, 1.807) is 0 Å². The fourth-order valence-electron chi connectivity index (χ4n) is 5.71. The van der Waals surface area contributed by atoms with Gasteiger partial charge in [-0.15, -0.1) is 10.2 Å². The van der Waals surface area contributed by atoms with Crippen molar-refractivity contribution in [3.8, 4) is 5.69 Å². The van der Waals surface area contributed by atoms with E-state index in [-0.39, 0.29) is 0 Å². The van der Waals surface area contributed by atoms with Crippen LogP contribution in [0.3, 0.4) is 0 Å². The molecule has 3 heterocycles. The van der Waals surface area contributed by atoms with Gasteiger partial charge in [-0.3, -0.25) is 9.47 Å². The number of fused-ring (bicyclic) bond motifs is 3. The Kier molecular flexibility index (Phi) is 6.33. The van der Waals surface area contributed by atoms with Crippen molar-refractivity contribution in [2.75, 3.05) is 26.3 Å². The number of hydrogen-bond donors (Lipinski definition) is 1. The highest BCUT2D eigenvalue weighted by Gasteiger charge is 2.33. The average Bonchev–Trinajstić information content (AvgIpc) is 3.11. The Morgan fingerprint density at radius 1 is 1.06 bits per heavy atom. The maximum atomic E-state index is 6.39. The van der Waals surface area contributed by atoms with E-state index in [0.717, 1.165) is 55.8 Å². The second-order valence-corrected chi connectivity index (χ2v) is 10.1. The molecule has 1 N–H and O–H groups in total. The third-order valence-electron chi connectivity index (χ3n) is 7.13. The third-order valence-corrected chi connectivity index (χ3v) is 7.36. The second-order valence-electron chi connectivity index (χ2n) is 9.66. The van der Waals surface area contributed by atoms with E-state index in [2.05, 4.69) is 40.8 Å². The van der Waals surface area contributed by atoms with Crippen molar-refractivity contribution in [2.45, 2.75) is 76.4 Å². The fraction of sp³-hybridized carbons (Fsp3) is 0.667. The van der Waals surface area contributed by atoms with Crippen LogP contribution in [-0.2, 0) is 17.6 Å². The summed E-state index contributed by atoms with van der Waals surface area (Å²) >= 11 is 6.39. The number of rotatable bonds is 4. The molecule has 1 aliphatic carbocycles. The molecule has 0 bridgehead atoms. The van der Waals surface area contributed by atoms with E-state index in [1.165, 1.54) is 36.9 Å². The SMILES string of the molecule is CC(C)NC1Cc2cc(Cl)ccc2-n2c(nnc2C2CCC(N3CCOCC3)CC2)C1. The minimum atomic E-state index is 0.340. The van der Waals surface area contributed by atoms with E-state index in [1.807, 2.05) is 6.07 Å². The van der Waals surface area contributed by atoms with Gasteiger partial charge in [-0.2, -0.15) is 0 Å². The van der Waals surface area contributed by atoms with Crippen molar-refractivity contribution in [3.05, 3.63) is 40.4 Å². The molecule has 31 heavy (non-hydrogen) atoms. The molecule has 7 heteroatoms. The van der Waals surface area contributed by atoms with Gasteiger partial charge in [-0.25, -0.2) is 0 Å². The zero-order valence-electron chi connectivity index (χ0n) is 18.7. The maximum Gasteiger partial charge on any atom is 0.140 e. The highest BCUT2D eigenvalue weighted by molar-refractivity contribution is 6.30. The van der Waals surface area contributed by atoms with Crippen LogP contribution in [0.5, 0.6) is 0 Å². The number of aromatic nitrogens is 3. The Morgan fingerprint density at radius 2 is 1.84 bits per heavy atom. The molecule has 2 aliphatic heterocycles. The van der Waals surface area contributed by atoms with Gasteiger partial charge in [0.15, 0.2) is 0 Å². The summed E-state index contributed by atoms with van der Waals surface area (Å²) in [4.78, 5) is 2.63. The number of benzene rings is 1. The molecule has 0 amide bonds. The lowest BCUT2D eigenvalue weighted by atomic mass is 9.84. The van der Waals surface area contributed by atoms with Gasteiger partial charge >= 0.3 is 0 Å². The van der Waals surface area contributed by atoms with Crippen LogP contribution in [0.1, 0.15) is 62.7 Å². The first-order valence-electron chi connectivity index (χ1n) is 11.9. The molecule has 1 saturated heterocycles. The monoisotopic (exact) mass is 443 g/mol. The van der Waals surface area contributed by atoms with Gasteiger partial charge in [0.2, 0.25) is 0 Å². The van der Waals surface area contributed by atoms with Gasteiger partial charge < -0.3 is 10.1 Å². The summed E-state index contributed by atoms with van der Waals surface area (Å²) in [5.41, 5.74) is 2.50. The minimum absolute atomic E-state index is 0.340. The molecule has 1 atom stereocenters. The molecule has 0 spiro atoms. The molecule has 1 aromatic carbocycles.